The largest absolute Gasteiger partial charge is 0.473 e. The van der Waals surface area contributed by atoms with Gasteiger partial charge < -0.3 is 21.3 Å². The molecule has 0 aromatic carbocycles. The third-order valence-electron chi connectivity index (χ3n) is 2.27. The molecule has 1 fully saturated rings. The summed E-state index contributed by atoms with van der Waals surface area (Å²) in [6.45, 7) is 0.672. The van der Waals surface area contributed by atoms with Crippen molar-refractivity contribution in [3.63, 3.8) is 0 Å². The highest BCUT2D eigenvalue weighted by Gasteiger charge is 2.14. The van der Waals surface area contributed by atoms with Crippen LogP contribution in [0.1, 0.15) is 32.1 Å². The van der Waals surface area contributed by atoms with Crippen molar-refractivity contribution in [2.24, 2.45) is 5.73 Å². The first-order chi connectivity index (χ1) is 7.97. The molecule has 0 aliphatic carbocycles. The van der Waals surface area contributed by atoms with E-state index in [9.17, 15) is 4.79 Å². The lowest BCUT2D eigenvalue weighted by molar-refractivity contribution is -0.159. The maximum atomic E-state index is 11.0. The molecule has 5 N–H and O–H groups in total. The average molecular weight is 246 g/mol. The number of hydrogen-bond acceptors (Lipinski definition) is 4. The summed E-state index contributed by atoms with van der Waals surface area (Å²) in [5, 5.41) is 17.7. The molecular formula is C10H18N2O5. The molecule has 0 aromatic heterocycles. The second kappa shape index (κ2) is 8.51. The summed E-state index contributed by atoms with van der Waals surface area (Å²) in [5.41, 5.74) is 5.40. The Kier molecular flexibility index (Phi) is 7.70. The molecule has 0 bridgehead atoms. The molecular weight excluding hydrogens is 228 g/mol. The van der Waals surface area contributed by atoms with E-state index in [0.717, 1.165) is 25.7 Å². The van der Waals surface area contributed by atoms with Crippen molar-refractivity contribution < 1.29 is 24.6 Å². The van der Waals surface area contributed by atoms with Crippen LogP contribution in [0.4, 0.5) is 0 Å². The Balaban J connectivity index is 0.000000366. The zero-order chi connectivity index (χ0) is 13.3. The minimum absolute atomic E-state index is 0.195. The molecule has 1 unspecified atom stereocenters. The highest BCUT2D eigenvalue weighted by Crippen LogP contribution is 2.10. The summed E-state index contributed by atoms with van der Waals surface area (Å²) in [4.78, 5) is 29.2. The Morgan fingerprint density at radius 2 is 1.88 bits per heavy atom. The number of nitrogens with two attached hydrogens (primary N) is 1. The van der Waals surface area contributed by atoms with Crippen molar-refractivity contribution in [1.29, 1.82) is 0 Å². The van der Waals surface area contributed by atoms with E-state index in [2.05, 4.69) is 5.32 Å². The van der Waals surface area contributed by atoms with Crippen LogP contribution in [0.2, 0.25) is 0 Å². The van der Waals surface area contributed by atoms with E-state index in [1.54, 1.807) is 0 Å². The topological polar surface area (TPSA) is 130 Å². The third-order valence-corrected chi connectivity index (χ3v) is 2.27. The van der Waals surface area contributed by atoms with Crippen LogP contribution < -0.4 is 11.1 Å². The van der Waals surface area contributed by atoms with Crippen LogP contribution in [0.15, 0.2) is 0 Å². The first kappa shape index (κ1) is 15.4. The molecule has 0 aromatic rings. The molecule has 1 saturated heterocycles. The van der Waals surface area contributed by atoms with E-state index in [4.69, 9.17) is 25.5 Å². The minimum atomic E-state index is -1.82. The predicted octanol–water partition coefficient (Wildman–Crippen LogP) is -0.450. The van der Waals surface area contributed by atoms with Crippen molar-refractivity contribution in [3.05, 3.63) is 0 Å². The van der Waals surface area contributed by atoms with Gasteiger partial charge in [-0.25, -0.2) is 9.59 Å². The highest BCUT2D eigenvalue weighted by atomic mass is 16.4. The summed E-state index contributed by atoms with van der Waals surface area (Å²) in [6, 6.07) is 0.343. The van der Waals surface area contributed by atoms with Gasteiger partial charge in [-0.05, 0) is 25.8 Å². The summed E-state index contributed by atoms with van der Waals surface area (Å²) in [5.74, 6) is -3.45. The minimum Gasteiger partial charge on any atom is -0.473 e. The van der Waals surface area contributed by atoms with Gasteiger partial charge in [0, 0.05) is 12.5 Å². The average Bonchev–Trinajstić information content (AvgIpc) is 2.44. The number of carbonyl (C=O) groups is 3. The number of hydrogen-bond donors (Lipinski definition) is 4. The molecule has 1 atom stereocenters. The Bertz CT molecular complexity index is 268. The van der Waals surface area contributed by atoms with Crippen molar-refractivity contribution in [3.8, 4) is 0 Å². The smallest absolute Gasteiger partial charge is 0.414 e. The highest BCUT2D eigenvalue weighted by molar-refractivity contribution is 6.27. The summed E-state index contributed by atoms with van der Waals surface area (Å²) < 4.78 is 0. The van der Waals surface area contributed by atoms with E-state index in [0.29, 0.717) is 19.0 Å². The van der Waals surface area contributed by atoms with Gasteiger partial charge in [-0.2, -0.15) is 0 Å². The number of carboxylic acids is 2. The molecule has 0 radical (unpaired) electrons. The Morgan fingerprint density at radius 3 is 2.35 bits per heavy atom. The number of amides is 1. The number of rotatable bonds is 2. The van der Waals surface area contributed by atoms with E-state index in [-0.39, 0.29) is 5.91 Å². The molecule has 0 saturated carbocycles. The lowest BCUT2D eigenvalue weighted by Crippen LogP contribution is -2.34. The number of aliphatic carboxylic acids is 2. The monoisotopic (exact) mass is 246 g/mol. The standard InChI is InChI=1S/C8H16N2O.C2H2O4/c9-6-5-7-3-1-2-4-8(11)10-7;3-1(4)2(5)6/h7H,1-6,9H2,(H,10,11);(H,3,4)(H,5,6). The van der Waals surface area contributed by atoms with Gasteiger partial charge in [0.2, 0.25) is 5.91 Å². The van der Waals surface area contributed by atoms with Gasteiger partial charge in [-0.3, -0.25) is 4.79 Å². The summed E-state index contributed by atoms with van der Waals surface area (Å²) in [6.07, 6.45) is 4.91. The molecule has 0 spiro atoms. The molecule has 1 rings (SSSR count). The van der Waals surface area contributed by atoms with Gasteiger partial charge in [-0.15, -0.1) is 0 Å². The normalized spacial score (nSPS) is 19.4. The van der Waals surface area contributed by atoms with Crippen molar-refractivity contribution in [2.45, 2.75) is 38.1 Å². The molecule has 7 heteroatoms. The quantitative estimate of drug-likeness (QED) is 0.488. The van der Waals surface area contributed by atoms with Crippen LogP contribution in [0.3, 0.4) is 0 Å². The summed E-state index contributed by atoms with van der Waals surface area (Å²) in [7, 11) is 0. The SMILES string of the molecule is NCCC1CCCCC(=O)N1.O=C(O)C(=O)O. The lowest BCUT2D eigenvalue weighted by atomic mass is 10.1. The molecule has 17 heavy (non-hydrogen) atoms. The third kappa shape index (κ3) is 8.21. The van der Waals surface area contributed by atoms with E-state index >= 15 is 0 Å². The van der Waals surface area contributed by atoms with Crippen LogP contribution >= 0.6 is 0 Å². The summed E-state index contributed by atoms with van der Waals surface area (Å²) >= 11 is 0. The van der Waals surface area contributed by atoms with Gasteiger partial charge in [-0.1, -0.05) is 6.42 Å². The zero-order valence-electron chi connectivity index (χ0n) is 9.52. The van der Waals surface area contributed by atoms with E-state index < -0.39 is 11.9 Å². The van der Waals surface area contributed by atoms with E-state index in [1.165, 1.54) is 0 Å². The van der Waals surface area contributed by atoms with Crippen molar-refractivity contribution in [2.75, 3.05) is 6.54 Å². The Morgan fingerprint density at radius 1 is 1.29 bits per heavy atom. The second-order valence-corrected chi connectivity index (χ2v) is 3.70. The van der Waals surface area contributed by atoms with Gasteiger partial charge >= 0.3 is 11.9 Å². The van der Waals surface area contributed by atoms with Crippen molar-refractivity contribution in [1.82, 2.24) is 5.32 Å². The van der Waals surface area contributed by atoms with Crippen LogP contribution in [0.5, 0.6) is 0 Å². The molecule has 1 heterocycles. The first-order valence-corrected chi connectivity index (χ1v) is 5.43. The van der Waals surface area contributed by atoms with Crippen LogP contribution in [0.25, 0.3) is 0 Å². The molecule has 98 valence electrons. The van der Waals surface area contributed by atoms with E-state index in [1.807, 2.05) is 0 Å². The number of carboxylic acid groups (broad SMARTS) is 2. The fraction of sp³-hybridized carbons (Fsp3) is 0.700. The molecule has 1 aliphatic heterocycles. The van der Waals surface area contributed by atoms with Crippen LogP contribution in [0, 0.1) is 0 Å². The lowest BCUT2D eigenvalue weighted by Gasteiger charge is -2.13. The maximum absolute atomic E-state index is 11.0. The molecule has 1 aliphatic rings. The number of carbonyl (C=O) groups excluding carboxylic acids is 1. The maximum Gasteiger partial charge on any atom is 0.414 e. The molecule has 7 nitrogen and oxygen atoms in total. The van der Waals surface area contributed by atoms with Crippen LogP contribution in [-0.4, -0.2) is 40.6 Å². The van der Waals surface area contributed by atoms with Crippen LogP contribution in [-0.2, 0) is 14.4 Å². The van der Waals surface area contributed by atoms with Crippen molar-refractivity contribution >= 4 is 17.8 Å². The Labute approximate surface area is 99.0 Å². The van der Waals surface area contributed by atoms with Gasteiger partial charge in [0.1, 0.15) is 0 Å². The predicted molar refractivity (Wildman–Crippen MR) is 59.3 cm³/mol. The Hall–Kier alpha value is -1.63. The second-order valence-electron chi connectivity index (χ2n) is 3.70. The zero-order valence-corrected chi connectivity index (χ0v) is 9.52. The fourth-order valence-corrected chi connectivity index (χ4v) is 1.47. The molecule has 1 amide bonds. The van der Waals surface area contributed by atoms with Gasteiger partial charge in [0.15, 0.2) is 0 Å². The first-order valence-electron chi connectivity index (χ1n) is 5.43. The fourth-order valence-electron chi connectivity index (χ4n) is 1.47. The number of nitrogens with one attached hydrogen (secondary N) is 1. The van der Waals surface area contributed by atoms with Gasteiger partial charge in [0.05, 0.1) is 0 Å². The van der Waals surface area contributed by atoms with Gasteiger partial charge in [0.25, 0.3) is 0 Å².